The first-order chi connectivity index (χ1) is 24.3. The molecule has 6 aromatic carbocycles. The predicted molar refractivity (Wildman–Crippen MR) is 204 cm³/mol. The lowest BCUT2D eigenvalue weighted by atomic mass is 9.89. The molecule has 0 N–H and O–H groups in total. The second-order valence-electron chi connectivity index (χ2n) is 13.6. The van der Waals surface area contributed by atoms with E-state index in [4.69, 9.17) is 4.42 Å². The maximum absolute atomic E-state index is 6.69. The van der Waals surface area contributed by atoms with Gasteiger partial charge in [0, 0.05) is 45.1 Å². The number of anilines is 2. The van der Waals surface area contributed by atoms with Crippen molar-refractivity contribution >= 4 is 66.6 Å². The van der Waals surface area contributed by atoms with Crippen LogP contribution in [-0.2, 0) is 6.42 Å². The lowest BCUT2D eigenvalue weighted by Crippen LogP contribution is -2.32. The fourth-order valence-electron chi connectivity index (χ4n) is 8.78. The summed E-state index contributed by atoms with van der Waals surface area (Å²) in [5.41, 5.74) is 13.5. The number of para-hydroxylation sites is 2. The topological polar surface area (TPSA) is 21.3 Å². The van der Waals surface area contributed by atoms with Crippen LogP contribution in [0.15, 0.2) is 156 Å². The molecule has 0 radical (unpaired) electrons. The summed E-state index contributed by atoms with van der Waals surface area (Å²) in [6.45, 7) is 0. The van der Waals surface area contributed by atoms with Crippen molar-refractivity contribution in [3.05, 3.63) is 169 Å². The molecule has 0 bridgehead atoms. The molecule has 49 heavy (non-hydrogen) atoms. The quantitative estimate of drug-likeness (QED) is 0.194. The lowest BCUT2D eigenvalue weighted by molar-refractivity contribution is 0.590. The Morgan fingerprint density at radius 3 is 2.35 bits per heavy atom. The number of hydrogen-bond donors (Lipinski definition) is 0. The molecule has 0 saturated carbocycles. The second-order valence-corrected chi connectivity index (χ2v) is 13.6. The third-order valence-corrected chi connectivity index (χ3v) is 11.0. The van der Waals surface area contributed by atoms with Crippen LogP contribution in [-0.4, -0.2) is 10.6 Å². The summed E-state index contributed by atoms with van der Waals surface area (Å²) in [4.78, 5) is 2.55. The third kappa shape index (κ3) is 3.90. The van der Waals surface area contributed by atoms with Gasteiger partial charge in [0.1, 0.15) is 5.58 Å². The number of rotatable bonds is 3. The standard InChI is InChI=1S/C46H32N2O/c1-3-13-33(14-4-1)47-41-26-32(31-20-19-29-11-7-8-12-30(29)25-31)21-22-35(41)39-27-40-37-23-24-38-36-17-9-10-18-44(36)49-46(38)45(37)48(43(40)28-42(39)47)34-15-5-2-6-16-34/h1-13,15-27,33,43H,14,28H2. The van der Waals surface area contributed by atoms with Crippen LogP contribution in [0.1, 0.15) is 29.3 Å². The molecule has 0 fully saturated rings. The van der Waals surface area contributed by atoms with Crippen molar-refractivity contribution in [1.29, 1.82) is 0 Å². The van der Waals surface area contributed by atoms with Crippen LogP contribution in [0.2, 0.25) is 0 Å². The molecule has 2 unspecified atom stereocenters. The van der Waals surface area contributed by atoms with Crippen molar-refractivity contribution in [2.75, 3.05) is 4.90 Å². The van der Waals surface area contributed by atoms with Gasteiger partial charge in [-0.15, -0.1) is 0 Å². The first kappa shape index (κ1) is 26.9. The van der Waals surface area contributed by atoms with E-state index in [1.165, 1.54) is 72.0 Å². The number of nitrogens with zero attached hydrogens (tertiary/aromatic N) is 2. The Kier molecular flexibility index (Phi) is 5.62. The van der Waals surface area contributed by atoms with Crippen LogP contribution in [0, 0.1) is 0 Å². The normalized spacial score (nSPS) is 18.0. The van der Waals surface area contributed by atoms with Gasteiger partial charge in [-0.2, -0.15) is 0 Å². The van der Waals surface area contributed by atoms with Crippen molar-refractivity contribution in [3.8, 4) is 11.1 Å². The van der Waals surface area contributed by atoms with Crippen LogP contribution in [0.3, 0.4) is 0 Å². The van der Waals surface area contributed by atoms with E-state index in [0.717, 1.165) is 29.4 Å². The average molecular weight is 629 g/mol. The molecule has 2 atom stereocenters. The molecule has 3 aliphatic rings. The largest absolute Gasteiger partial charge is 0.454 e. The van der Waals surface area contributed by atoms with Crippen LogP contribution in [0.5, 0.6) is 0 Å². The van der Waals surface area contributed by atoms with E-state index in [1.807, 2.05) is 0 Å². The van der Waals surface area contributed by atoms with Gasteiger partial charge in [0.05, 0.1) is 23.3 Å². The highest BCUT2D eigenvalue weighted by Gasteiger charge is 2.41. The Balaban J connectivity index is 1.15. The fourth-order valence-corrected chi connectivity index (χ4v) is 8.78. The van der Waals surface area contributed by atoms with Gasteiger partial charge in [-0.05, 0) is 76.4 Å². The average Bonchev–Trinajstić information content (AvgIpc) is 3.81. The summed E-state index contributed by atoms with van der Waals surface area (Å²) in [5.74, 6) is 0. The summed E-state index contributed by atoms with van der Waals surface area (Å²) in [5, 5.41) is 6.19. The number of hydrogen-bond acceptors (Lipinski definition) is 2. The lowest BCUT2D eigenvalue weighted by Gasteiger charge is -2.32. The van der Waals surface area contributed by atoms with Crippen molar-refractivity contribution in [1.82, 2.24) is 4.57 Å². The Morgan fingerprint density at radius 1 is 0.653 bits per heavy atom. The van der Waals surface area contributed by atoms with E-state index in [0.29, 0.717) is 0 Å². The molecular formula is C46H32N2O. The Morgan fingerprint density at radius 2 is 1.45 bits per heavy atom. The summed E-state index contributed by atoms with van der Waals surface area (Å²) in [6, 6.07) is 46.9. The van der Waals surface area contributed by atoms with E-state index >= 15 is 0 Å². The number of allylic oxidation sites excluding steroid dienone is 4. The molecule has 0 saturated heterocycles. The molecule has 2 aliphatic carbocycles. The smallest absolute Gasteiger partial charge is 0.159 e. The minimum absolute atomic E-state index is 0.148. The molecule has 2 aromatic heterocycles. The number of aromatic nitrogens is 1. The zero-order valence-corrected chi connectivity index (χ0v) is 26.9. The third-order valence-electron chi connectivity index (χ3n) is 11.0. The molecule has 11 rings (SSSR count). The van der Waals surface area contributed by atoms with Gasteiger partial charge in [0.15, 0.2) is 5.58 Å². The summed E-state index contributed by atoms with van der Waals surface area (Å²) < 4.78 is 9.34. The van der Waals surface area contributed by atoms with E-state index in [2.05, 4.69) is 167 Å². The first-order valence-electron chi connectivity index (χ1n) is 17.3. The summed E-state index contributed by atoms with van der Waals surface area (Å²) in [6.07, 6.45) is 13.5. The molecule has 0 spiro atoms. The van der Waals surface area contributed by atoms with Crippen LogP contribution in [0.25, 0.3) is 66.4 Å². The molecule has 3 heterocycles. The van der Waals surface area contributed by atoms with E-state index in [1.54, 1.807) is 0 Å². The summed E-state index contributed by atoms with van der Waals surface area (Å²) in [7, 11) is 0. The molecular weight excluding hydrogens is 597 g/mol. The predicted octanol–water partition coefficient (Wildman–Crippen LogP) is 12.0. The van der Waals surface area contributed by atoms with Crippen molar-refractivity contribution < 1.29 is 4.42 Å². The highest BCUT2D eigenvalue weighted by atomic mass is 16.3. The monoisotopic (exact) mass is 628 g/mol. The van der Waals surface area contributed by atoms with Gasteiger partial charge in [-0.1, -0.05) is 115 Å². The Labute approximate surface area is 284 Å². The van der Waals surface area contributed by atoms with Crippen LogP contribution < -0.4 is 4.90 Å². The van der Waals surface area contributed by atoms with E-state index < -0.39 is 0 Å². The number of fused-ring (bicyclic) bond motifs is 11. The Bertz CT molecular complexity index is 2740. The van der Waals surface area contributed by atoms with Gasteiger partial charge < -0.3 is 13.9 Å². The van der Waals surface area contributed by atoms with Crippen molar-refractivity contribution in [3.63, 3.8) is 0 Å². The maximum atomic E-state index is 6.69. The van der Waals surface area contributed by atoms with Gasteiger partial charge >= 0.3 is 0 Å². The zero-order chi connectivity index (χ0) is 32.1. The van der Waals surface area contributed by atoms with E-state index in [-0.39, 0.29) is 12.1 Å². The molecule has 3 nitrogen and oxygen atoms in total. The van der Waals surface area contributed by atoms with Gasteiger partial charge in [0.2, 0.25) is 0 Å². The van der Waals surface area contributed by atoms with E-state index in [9.17, 15) is 0 Å². The summed E-state index contributed by atoms with van der Waals surface area (Å²) >= 11 is 0. The van der Waals surface area contributed by atoms with Gasteiger partial charge in [0.25, 0.3) is 0 Å². The van der Waals surface area contributed by atoms with Crippen molar-refractivity contribution in [2.24, 2.45) is 0 Å². The SMILES string of the molecule is C1=CCC(n2c3c(c4ccc(-c5ccc6ccccc6c5)cc42)C=C2c4ccc5c(oc6ccccc65)c4N(c4ccccc4)C2C3)C=C1. The van der Waals surface area contributed by atoms with Crippen molar-refractivity contribution in [2.45, 2.75) is 24.9 Å². The minimum Gasteiger partial charge on any atom is -0.454 e. The van der Waals surface area contributed by atoms with Crippen LogP contribution in [0.4, 0.5) is 11.4 Å². The van der Waals surface area contributed by atoms with Crippen LogP contribution >= 0.6 is 0 Å². The highest BCUT2D eigenvalue weighted by Crippen LogP contribution is 2.54. The zero-order valence-electron chi connectivity index (χ0n) is 26.9. The first-order valence-corrected chi connectivity index (χ1v) is 17.3. The number of benzene rings is 6. The molecule has 0 amide bonds. The fraction of sp³-hybridized carbons (Fsp3) is 0.0870. The number of furan rings is 1. The second kappa shape index (κ2) is 10.2. The van der Waals surface area contributed by atoms with Gasteiger partial charge in [-0.25, -0.2) is 0 Å². The maximum Gasteiger partial charge on any atom is 0.159 e. The molecule has 1 aliphatic heterocycles. The highest BCUT2D eigenvalue weighted by molar-refractivity contribution is 6.16. The van der Waals surface area contributed by atoms with Gasteiger partial charge in [-0.3, -0.25) is 0 Å². The molecule has 3 heteroatoms. The minimum atomic E-state index is 0.148. The molecule has 8 aromatic rings. The Hall–Kier alpha value is -6.06. The molecule has 232 valence electrons.